The maximum atomic E-state index is 12.5. The van der Waals surface area contributed by atoms with E-state index in [1.165, 1.54) is 6.07 Å². The molecule has 5 nitrogen and oxygen atoms in total. The second-order valence-electron chi connectivity index (χ2n) is 4.65. The summed E-state index contributed by atoms with van der Waals surface area (Å²) in [5, 5.41) is 8.93. The predicted octanol–water partition coefficient (Wildman–Crippen LogP) is 2.48. The highest BCUT2D eigenvalue weighted by Gasteiger charge is 2.22. The summed E-state index contributed by atoms with van der Waals surface area (Å²) in [6, 6.07) is 10.6. The summed E-state index contributed by atoms with van der Waals surface area (Å²) in [6.07, 6.45) is 0. The number of carbonyl (C=O) groups excluding carboxylic acids is 1. The summed E-state index contributed by atoms with van der Waals surface area (Å²) in [5.41, 5.74) is 0.957. The lowest BCUT2D eigenvalue weighted by atomic mass is 10.2. The molecule has 3 rings (SSSR count). The molecular weight excluding hydrogens is 290 g/mol. The Morgan fingerprint density at radius 1 is 1.14 bits per heavy atom. The van der Waals surface area contributed by atoms with E-state index < -0.39 is 5.97 Å². The molecule has 0 aliphatic carbocycles. The van der Waals surface area contributed by atoms with Crippen molar-refractivity contribution in [1.82, 2.24) is 4.90 Å². The lowest BCUT2D eigenvalue weighted by molar-refractivity contribution is 0.0701. The minimum atomic E-state index is -1.01. The first-order valence-corrected chi connectivity index (χ1v) is 7.30. The molecular formula is C15H13NO4S. The smallest absolute Gasteiger partial charge is 0.345 e. The van der Waals surface area contributed by atoms with Gasteiger partial charge in [-0.25, -0.2) is 4.79 Å². The predicted molar refractivity (Wildman–Crippen MR) is 78.0 cm³/mol. The van der Waals surface area contributed by atoms with Crippen molar-refractivity contribution in [3.63, 3.8) is 0 Å². The molecule has 0 atom stereocenters. The van der Waals surface area contributed by atoms with Gasteiger partial charge in [0.1, 0.15) is 17.2 Å². The molecule has 0 saturated heterocycles. The molecule has 1 aromatic heterocycles. The molecule has 0 saturated carbocycles. The molecule has 1 N–H and O–H groups in total. The third-order valence-corrected chi connectivity index (χ3v) is 4.33. The zero-order chi connectivity index (χ0) is 14.8. The van der Waals surface area contributed by atoms with E-state index in [0.717, 1.165) is 22.6 Å². The number of hydrogen-bond donors (Lipinski definition) is 1. The molecule has 0 fully saturated rings. The molecule has 2 heterocycles. The van der Waals surface area contributed by atoms with Crippen LogP contribution in [0.15, 0.2) is 36.4 Å². The number of benzene rings is 1. The van der Waals surface area contributed by atoms with Crippen LogP contribution in [0.5, 0.6) is 5.75 Å². The van der Waals surface area contributed by atoms with Gasteiger partial charge in [0.2, 0.25) is 0 Å². The van der Waals surface area contributed by atoms with Crippen LogP contribution < -0.4 is 4.74 Å². The van der Waals surface area contributed by atoms with Crippen LogP contribution in [0, 0.1) is 0 Å². The van der Waals surface area contributed by atoms with Crippen molar-refractivity contribution in [2.75, 3.05) is 13.2 Å². The molecule has 0 unspecified atom stereocenters. The van der Waals surface area contributed by atoms with Crippen molar-refractivity contribution in [3.05, 3.63) is 51.7 Å². The number of carboxylic acid groups (broad SMARTS) is 1. The Morgan fingerprint density at radius 3 is 2.67 bits per heavy atom. The van der Waals surface area contributed by atoms with Crippen LogP contribution >= 0.6 is 11.3 Å². The van der Waals surface area contributed by atoms with E-state index >= 15 is 0 Å². The third-order valence-electron chi connectivity index (χ3n) is 3.27. The van der Waals surface area contributed by atoms with Gasteiger partial charge in [-0.05, 0) is 18.2 Å². The number of fused-ring (bicyclic) bond motifs is 1. The van der Waals surface area contributed by atoms with Gasteiger partial charge in [0.05, 0.1) is 11.4 Å². The number of nitrogens with zero attached hydrogens (tertiary/aromatic N) is 1. The van der Waals surface area contributed by atoms with Crippen LogP contribution in [0.3, 0.4) is 0 Å². The van der Waals surface area contributed by atoms with Gasteiger partial charge in [-0.2, -0.15) is 0 Å². The highest BCUT2D eigenvalue weighted by atomic mass is 32.1. The number of hydrogen-bond acceptors (Lipinski definition) is 4. The average molecular weight is 303 g/mol. The fourth-order valence-electron chi connectivity index (χ4n) is 2.22. The molecule has 1 aliphatic rings. The van der Waals surface area contributed by atoms with Crippen molar-refractivity contribution in [2.45, 2.75) is 6.54 Å². The Balaban J connectivity index is 1.83. The summed E-state index contributed by atoms with van der Waals surface area (Å²) in [6.45, 7) is 1.38. The van der Waals surface area contributed by atoms with Gasteiger partial charge in [-0.1, -0.05) is 18.2 Å². The molecule has 1 amide bonds. The van der Waals surface area contributed by atoms with Crippen LogP contribution in [0.4, 0.5) is 0 Å². The van der Waals surface area contributed by atoms with Crippen LogP contribution in [-0.4, -0.2) is 35.0 Å². The van der Waals surface area contributed by atoms with E-state index in [2.05, 4.69) is 0 Å². The van der Waals surface area contributed by atoms with E-state index in [1.54, 1.807) is 11.0 Å². The monoisotopic (exact) mass is 303 g/mol. The minimum absolute atomic E-state index is 0.159. The lowest BCUT2D eigenvalue weighted by Crippen LogP contribution is -2.31. The van der Waals surface area contributed by atoms with Crippen LogP contribution in [0.1, 0.15) is 24.9 Å². The van der Waals surface area contributed by atoms with Crippen molar-refractivity contribution in [1.29, 1.82) is 0 Å². The van der Waals surface area contributed by atoms with Crippen LogP contribution in [0.25, 0.3) is 0 Å². The lowest BCUT2D eigenvalue weighted by Gasteiger charge is -2.18. The topological polar surface area (TPSA) is 66.8 Å². The normalized spacial score (nSPS) is 14.0. The van der Waals surface area contributed by atoms with Crippen LogP contribution in [0.2, 0.25) is 0 Å². The summed E-state index contributed by atoms with van der Waals surface area (Å²) in [5.74, 6) is -0.374. The zero-order valence-corrected chi connectivity index (χ0v) is 11.9. The summed E-state index contributed by atoms with van der Waals surface area (Å²) < 4.78 is 5.62. The van der Waals surface area contributed by atoms with Gasteiger partial charge in [-0.15, -0.1) is 11.3 Å². The van der Waals surface area contributed by atoms with E-state index in [-0.39, 0.29) is 10.8 Å². The van der Waals surface area contributed by atoms with Crippen LogP contribution in [-0.2, 0) is 6.54 Å². The number of amides is 1. The number of carbonyl (C=O) groups is 2. The fraction of sp³-hybridized carbons (Fsp3) is 0.200. The van der Waals surface area contributed by atoms with Gasteiger partial charge in [0.15, 0.2) is 0 Å². The second-order valence-corrected chi connectivity index (χ2v) is 5.74. The maximum absolute atomic E-state index is 12.5. The highest BCUT2D eigenvalue weighted by Crippen LogP contribution is 2.25. The zero-order valence-electron chi connectivity index (χ0n) is 11.1. The summed E-state index contributed by atoms with van der Waals surface area (Å²) >= 11 is 0.999. The molecule has 0 radical (unpaired) electrons. The van der Waals surface area contributed by atoms with E-state index in [1.807, 2.05) is 24.3 Å². The van der Waals surface area contributed by atoms with Crippen molar-refractivity contribution >= 4 is 23.2 Å². The van der Waals surface area contributed by atoms with Gasteiger partial charge in [0.25, 0.3) is 5.91 Å². The molecule has 0 spiro atoms. The third kappa shape index (κ3) is 2.75. The first kappa shape index (κ1) is 13.6. The highest BCUT2D eigenvalue weighted by molar-refractivity contribution is 7.15. The molecule has 6 heteroatoms. The number of para-hydroxylation sites is 1. The Hall–Kier alpha value is -2.34. The first-order chi connectivity index (χ1) is 10.1. The second kappa shape index (κ2) is 5.57. The SMILES string of the molecule is O=C(O)c1ccc(C(=O)N2CCOc3ccccc3C2)s1. The minimum Gasteiger partial charge on any atom is -0.491 e. The Bertz CT molecular complexity index is 694. The number of ether oxygens (including phenoxy) is 1. The standard InChI is InChI=1S/C15H13NO4S/c17-14(12-5-6-13(21-12)15(18)19)16-7-8-20-11-4-2-1-3-10(11)9-16/h1-6H,7-9H2,(H,18,19). The molecule has 108 valence electrons. The van der Waals surface area contributed by atoms with Gasteiger partial charge in [-0.3, -0.25) is 4.79 Å². The average Bonchev–Trinajstić information content (AvgIpc) is 2.87. The van der Waals surface area contributed by atoms with Crippen molar-refractivity contribution < 1.29 is 19.4 Å². The van der Waals surface area contributed by atoms with Crippen molar-refractivity contribution in [3.8, 4) is 5.75 Å². The molecule has 1 aliphatic heterocycles. The van der Waals surface area contributed by atoms with Gasteiger partial charge >= 0.3 is 5.97 Å². The fourth-order valence-corrected chi connectivity index (χ4v) is 3.04. The quantitative estimate of drug-likeness (QED) is 0.925. The maximum Gasteiger partial charge on any atom is 0.345 e. The van der Waals surface area contributed by atoms with E-state index in [0.29, 0.717) is 24.6 Å². The largest absolute Gasteiger partial charge is 0.491 e. The molecule has 21 heavy (non-hydrogen) atoms. The Labute approximate surface area is 125 Å². The van der Waals surface area contributed by atoms with E-state index in [9.17, 15) is 9.59 Å². The van der Waals surface area contributed by atoms with Crippen molar-refractivity contribution in [2.24, 2.45) is 0 Å². The summed E-state index contributed by atoms with van der Waals surface area (Å²) in [4.78, 5) is 25.7. The number of aromatic carboxylic acids is 1. The summed E-state index contributed by atoms with van der Waals surface area (Å²) in [7, 11) is 0. The molecule has 2 aromatic rings. The number of rotatable bonds is 2. The van der Waals surface area contributed by atoms with E-state index in [4.69, 9.17) is 9.84 Å². The number of thiophene rings is 1. The van der Waals surface area contributed by atoms with Gasteiger partial charge < -0.3 is 14.7 Å². The first-order valence-electron chi connectivity index (χ1n) is 6.48. The molecule has 1 aromatic carbocycles. The van der Waals surface area contributed by atoms with Gasteiger partial charge in [0, 0.05) is 12.1 Å². The number of carboxylic acids is 1. The molecule has 0 bridgehead atoms. The Morgan fingerprint density at radius 2 is 1.90 bits per heavy atom. The Kier molecular flexibility index (Phi) is 3.62.